The number of nitrogens with one attached hydrogen (secondary N) is 1. The topological polar surface area (TPSA) is 91.7 Å². The summed E-state index contributed by atoms with van der Waals surface area (Å²) in [5.41, 5.74) is 3.06. The van der Waals surface area contributed by atoms with Crippen LogP contribution in [0.5, 0.6) is 0 Å². The van der Waals surface area contributed by atoms with Gasteiger partial charge in [0.25, 0.3) is 5.91 Å². The monoisotopic (exact) mass is 460 g/mol. The number of nitrogens with zero attached hydrogens (tertiary/aromatic N) is 3. The van der Waals surface area contributed by atoms with Gasteiger partial charge in [-0.2, -0.15) is 9.41 Å². The van der Waals surface area contributed by atoms with Gasteiger partial charge in [-0.3, -0.25) is 9.78 Å². The molecule has 0 atom stereocenters. The minimum absolute atomic E-state index is 0.0695. The van der Waals surface area contributed by atoms with Crippen LogP contribution >= 0.6 is 11.6 Å². The molecule has 2 aromatic carbocycles. The molecule has 1 amide bonds. The first kappa shape index (κ1) is 22.5. The van der Waals surface area contributed by atoms with Gasteiger partial charge in [0.05, 0.1) is 17.7 Å². The highest BCUT2D eigenvalue weighted by Crippen LogP contribution is 2.21. The van der Waals surface area contributed by atoms with Gasteiger partial charge in [-0.1, -0.05) is 35.9 Å². The number of rotatable bonds is 8. The molecular formula is C21H18ClFN4O3S. The van der Waals surface area contributed by atoms with Crippen LogP contribution in [0.4, 0.5) is 4.39 Å². The molecule has 0 fully saturated rings. The van der Waals surface area contributed by atoms with Crippen molar-refractivity contribution in [3.63, 3.8) is 0 Å². The molecule has 1 heterocycles. The van der Waals surface area contributed by atoms with E-state index in [0.717, 1.165) is 4.31 Å². The number of amides is 1. The van der Waals surface area contributed by atoms with Gasteiger partial charge in [0.1, 0.15) is 5.82 Å². The van der Waals surface area contributed by atoms with Crippen LogP contribution < -0.4 is 5.43 Å². The normalized spacial score (nSPS) is 11.7. The number of carbonyl (C=O) groups excluding carboxylic acids is 1. The maximum Gasteiger partial charge on any atom is 0.255 e. The standard InChI is InChI=1S/C21H18ClFN4O3S/c22-18-7-9-19(10-8-18)31(29,30)27(14-17-5-1-2-6-20(17)23)15-21(28)26-25-13-16-4-3-11-24-12-16/h1-13H,14-15H2,(H,26,28). The lowest BCUT2D eigenvalue weighted by Crippen LogP contribution is -2.39. The molecule has 1 N–H and O–H groups in total. The second-order valence-corrected chi connectivity index (χ2v) is 8.77. The van der Waals surface area contributed by atoms with Crippen LogP contribution in [0.1, 0.15) is 11.1 Å². The Hall–Kier alpha value is -3.14. The second-order valence-electron chi connectivity index (χ2n) is 6.40. The lowest BCUT2D eigenvalue weighted by atomic mass is 10.2. The molecule has 0 spiro atoms. The van der Waals surface area contributed by atoms with Gasteiger partial charge in [-0.25, -0.2) is 18.2 Å². The molecule has 0 aliphatic rings. The molecule has 31 heavy (non-hydrogen) atoms. The second kappa shape index (κ2) is 10.3. The first-order valence-electron chi connectivity index (χ1n) is 9.07. The zero-order valence-corrected chi connectivity index (χ0v) is 17.7. The minimum atomic E-state index is -4.12. The third-order valence-corrected chi connectivity index (χ3v) is 6.22. The van der Waals surface area contributed by atoms with Crippen LogP contribution in [-0.4, -0.2) is 36.4 Å². The minimum Gasteiger partial charge on any atom is -0.272 e. The lowest BCUT2D eigenvalue weighted by molar-refractivity contribution is -0.121. The smallest absolute Gasteiger partial charge is 0.255 e. The molecule has 7 nitrogen and oxygen atoms in total. The van der Waals surface area contributed by atoms with Gasteiger partial charge in [-0.05, 0) is 36.4 Å². The Balaban J connectivity index is 1.81. The Morgan fingerprint density at radius 2 is 1.87 bits per heavy atom. The van der Waals surface area contributed by atoms with E-state index in [-0.39, 0.29) is 17.0 Å². The zero-order chi connectivity index (χ0) is 22.3. The molecule has 3 aromatic rings. The highest BCUT2D eigenvalue weighted by atomic mass is 35.5. The highest BCUT2D eigenvalue weighted by Gasteiger charge is 2.27. The fourth-order valence-corrected chi connectivity index (χ4v) is 4.13. The number of hydrazone groups is 1. The van der Waals surface area contributed by atoms with Crippen molar-refractivity contribution in [1.29, 1.82) is 0 Å². The molecule has 3 rings (SSSR count). The predicted molar refractivity (Wildman–Crippen MR) is 115 cm³/mol. The fourth-order valence-electron chi connectivity index (χ4n) is 2.62. The van der Waals surface area contributed by atoms with E-state index in [1.165, 1.54) is 48.7 Å². The highest BCUT2D eigenvalue weighted by molar-refractivity contribution is 7.89. The molecule has 0 aliphatic carbocycles. The van der Waals surface area contributed by atoms with Crippen molar-refractivity contribution in [1.82, 2.24) is 14.7 Å². The van der Waals surface area contributed by atoms with Crippen LogP contribution in [0.2, 0.25) is 5.02 Å². The van der Waals surface area contributed by atoms with E-state index in [9.17, 15) is 17.6 Å². The van der Waals surface area contributed by atoms with Crippen molar-refractivity contribution in [2.75, 3.05) is 6.54 Å². The van der Waals surface area contributed by atoms with Crippen molar-refractivity contribution in [2.45, 2.75) is 11.4 Å². The summed E-state index contributed by atoms with van der Waals surface area (Å²) in [6.07, 6.45) is 4.52. The first-order chi connectivity index (χ1) is 14.9. The Morgan fingerprint density at radius 1 is 1.13 bits per heavy atom. The number of aromatic nitrogens is 1. The van der Waals surface area contributed by atoms with Gasteiger partial charge in [0, 0.05) is 35.1 Å². The third-order valence-electron chi connectivity index (χ3n) is 4.16. The maximum atomic E-state index is 14.2. The molecular weight excluding hydrogens is 443 g/mol. The van der Waals surface area contributed by atoms with Crippen LogP contribution in [0.25, 0.3) is 0 Å². The summed E-state index contributed by atoms with van der Waals surface area (Å²) in [4.78, 5) is 16.2. The number of carbonyl (C=O) groups is 1. The molecule has 0 bridgehead atoms. The fraction of sp³-hybridized carbons (Fsp3) is 0.0952. The van der Waals surface area contributed by atoms with Crippen molar-refractivity contribution in [2.24, 2.45) is 5.10 Å². The molecule has 160 valence electrons. The molecule has 0 saturated heterocycles. The van der Waals surface area contributed by atoms with Crippen molar-refractivity contribution in [3.05, 3.63) is 95.0 Å². The number of sulfonamides is 1. The average Bonchev–Trinajstić information content (AvgIpc) is 2.76. The zero-order valence-electron chi connectivity index (χ0n) is 16.2. The molecule has 1 aromatic heterocycles. The summed E-state index contributed by atoms with van der Waals surface area (Å²) < 4.78 is 41.3. The largest absolute Gasteiger partial charge is 0.272 e. The van der Waals surface area contributed by atoms with Gasteiger partial charge in [0.15, 0.2) is 0 Å². The summed E-state index contributed by atoms with van der Waals surface area (Å²) in [5, 5.41) is 4.17. The molecule has 0 unspecified atom stereocenters. The molecule has 0 saturated carbocycles. The summed E-state index contributed by atoms with van der Waals surface area (Å²) in [6.45, 7) is -0.902. The Labute approximate surface area is 184 Å². The van der Waals surface area contributed by atoms with Gasteiger partial charge < -0.3 is 0 Å². The van der Waals surface area contributed by atoms with Crippen molar-refractivity contribution >= 4 is 33.7 Å². The van der Waals surface area contributed by atoms with Gasteiger partial charge >= 0.3 is 0 Å². The van der Waals surface area contributed by atoms with E-state index < -0.39 is 28.3 Å². The third kappa shape index (κ3) is 6.17. The Kier molecular flexibility index (Phi) is 7.45. The van der Waals surface area contributed by atoms with Crippen LogP contribution in [0, 0.1) is 5.82 Å². The number of hydrogen-bond acceptors (Lipinski definition) is 5. The number of hydrogen-bond donors (Lipinski definition) is 1. The van der Waals surface area contributed by atoms with E-state index in [0.29, 0.717) is 10.6 Å². The lowest BCUT2D eigenvalue weighted by Gasteiger charge is -2.21. The quantitative estimate of drug-likeness (QED) is 0.412. The SMILES string of the molecule is O=C(CN(Cc1ccccc1F)S(=O)(=O)c1ccc(Cl)cc1)NN=Cc1cccnc1. The summed E-state index contributed by atoms with van der Waals surface area (Å²) in [6, 6.07) is 14.7. The van der Waals surface area contributed by atoms with E-state index in [1.807, 2.05) is 0 Å². The molecule has 0 radical (unpaired) electrons. The summed E-state index contributed by atoms with van der Waals surface area (Å²) in [5.74, 6) is -1.26. The van der Waals surface area contributed by atoms with Gasteiger partial charge in [-0.15, -0.1) is 0 Å². The average molecular weight is 461 g/mol. The number of halogens is 2. The summed E-state index contributed by atoms with van der Waals surface area (Å²) >= 11 is 5.84. The number of benzene rings is 2. The van der Waals surface area contributed by atoms with Gasteiger partial charge in [0.2, 0.25) is 10.0 Å². The number of pyridine rings is 1. The van der Waals surface area contributed by atoms with E-state index >= 15 is 0 Å². The van der Waals surface area contributed by atoms with Crippen molar-refractivity contribution in [3.8, 4) is 0 Å². The summed E-state index contributed by atoms with van der Waals surface area (Å²) in [7, 11) is -4.12. The van der Waals surface area contributed by atoms with E-state index in [2.05, 4.69) is 15.5 Å². The Bertz CT molecular complexity index is 1170. The molecule has 0 aliphatic heterocycles. The molecule has 10 heteroatoms. The van der Waals surface area contributed by atoms with Crippen LogP contribution in [0.3, 0.4) is 0 Å². The maximum absolute atomic E-state index is 14.2. The Morgan fingerprint density at radius 3 is 2.55 bits per heavy atom. The first-order valence-corrected chi connectivity index (χ1v) is 10.9. The van der Waals surface area contributed by atoms with Crippen LogP contribution in [0.15, 0.2) is 83.1 Å². The van der Waals surface area contributed by atoms with E-state index in [4.69, 9.17) is 11.6 Å². The van der Waals surface area contributed by atoms with E-state index in [1.54, 1.807) is 30.6 Å². The predicted octanol–water partition coefficient (Wildman–Crippen LogP) is 3.22. The van der Waals surface area contributed by atoms with Crippen molar-refractivity contribution < 1.29 is 17.6 Å². The van der Waals surface area contributed by atoms with Crippen LogP contribution in [-0.2, 0) is 21.4 Å².